The Hall–Kier alpha value is -1.02. The summed E-state index contributed by atoms with van der Waals surface area (Å²) < 4.78 is 5.66. The molecule has 14 heavy (non-hydrogen) atoms. The first-order chi connectivity index (χ1) is 6.83. The zero-order chi connectivity index (χ0) is 9.54. The van der Waals surface area contributed by atoms with Crippen LogP contribution < -0.4 is 10.1 Å². The normalized spacial score (nSPS) is 24.5. The highest BCUT2D eigenvalue weighted by Crippen LogP contribution is 2.35. The van der Waals surface area contributed by atoms with Crippen molar-refractivity contribution < 1.29 is 4.74 Å². The topological polar surface area (TPSA) is 21.3 Å². The Labute approximate surface area is 84.3 Å². The van der Waals surface area contributed by atoms with Gasteiger partial charge in [0.1, 0.15) is 12.4 Å². The molecule has 74 valence electrons. The molecule has 1 N–H and O–H groups in total. The van der Waals surface area contributed by atoms with E-state index in [4.69, 9.17) is 4.74 Å². The van der Waals surface area contributed by atoms with Gasteiger partial charge in [0, 0.05) is 11.6 Å². The molecular weight excluding hydrogens is 174 g/mol. The van der Waals surface area contributed by atoms with Gasteiger partial charge in [-0.3, -0.25) is 0 Å². The van der Waals surface area contributed by atoms with Gasteiger partial charge in [0.25, 0.3) is 0 Å². The minimum absolute atomic E-state index is 0.429. The molecular formula is C12H15NO. The van der Waals surface area contributed by atoms with Crippen molar-refractivity contribution in [2.75, 3.05) is 6.61 Å². The van der Waals surface area contributed by atoms with Gasteiger partial charge in [-0.15, -0.1) is 0 Å². The van der Waals surface area contributed by atoms with E-state index in [-0.39, 0.29) is 0 Å². The molecule has 0 saturated heterocycles. The Morgan fingerprint density at radius 3 is 3.00 bits per heavy atom. The van der Waals surface area contributed by atoms with E-state index >= 15 is 0 Å². The number of benzene rings is 1. The zero-order valence-electron chi connectivity index (χ0n) is 8.42. The van der Waals surface area contributed by atoms with E-state index in [2.05, 4.69) is 30.4 Å². The Kier molecular flexibility index (Phi) is 1.77. The maximum Gasteiger partial charge on any atom is 0.124 e. The van der Waals surface area contributed by atoms with Crippen molar-refractivity contribution in [1.82, 2.24) is 5.32 Å². The molecule has 1 heterocycles. The minimum atomic E-state index is 0.429. The lowest BCUT2D eigenvalue weighted by atomic mass is 10.1. The first-order valence-corrected chi connectivity index (χ1v) is 5.32. The van der Waals surface area contributed by atoms with Crippen molar-refractivity contribution in [2.24, 2.45) is 0 Å². The Morgan fingerprint density at radius 1 is 1.36 bits per heavy atom. The Balaban J connectivity index is 1.85. The van der Waals surface area contributed by atoms with Gasteiger partial charge in [-0.05, 0) is 31.4 Å². The predicted molar refractivity (Wildman–Crippen MR) is 55.6 cm³/mol. The lowest BCUT2D eigenvalue weighted by molar-refractivity contribution is 0.310. The number of nitrogens with one attached hydrogen (secondary N) is 1. The summed E-state index contributed by atoms with van der Waals surface area (Å²) in [4.78, 5) is 0. The average Bonchev–Trinajstić information content (AvgIpc) is 2.89. The fourth-order valence-corrected chi connectivity index (χ4v) is 1.99. The average molecular weight is 189 g/mol. The molecule has 1 unspecified atom stereocenters. The highest BCUT2D eigenvalue weighted by atomic mass is 16.5. The van der Waals surface area contributed by atoms with Gasteiger partial charge in [0.2, 0.25) is 0 Å². The maximum absolute atomic E-state index is 5.66. The van der Waals surface area contributed by atoms with E-state index in [1.54, 1.807) is 0 Å². The van der Waals surface area contributed by atoms with Crippen LogP contribution in [0.25, 0.3) is 0 Å². The highest BCUT2D eigenvalue weighted by molar-refractivity contribution is 5.42. The van der Waals surface area contributed by atoms with E-state index < -0.39 is 0 Å². The van der Waals surface area contributed by atoms with Gasteiger partial charge in [0.05, 0.1) is 6.04 Å². The third-order valence-corrected chi connectivity index (χ3v) is 2.96. The summed E-state index contributed by atoms with van der Waals surface area (Å²) in [5, 5.41) is 3.60. The molecule has 1 atom stereocenters. The molecule has 0 radical (unpaired) electrons. The van der Waals surface area contributed by atoms with Crippen molar-refractivity contribution in [3.05, 3.63) is 29.3 Å². The fourth-order valence-electron chi connectivity index (χ4n) is 1.99. The molecule has 2 aliphatic rings. The second kappa shape index (κ2) is 2.99. The second-order valence-corrected chi connectivity index (χ2v) is 4.35. The SMILES string of the molecule is Cc1ccc2c(c1)OCC2NC1CC1. The molecule has 0 spiro atoms. The molecule has 1 aromatic carbocycles. The second-order valence-electron chi connectivity index (χ2n) is 4.35. The van der Waals surface area contributed by atoms with Crippen LogP contribution >= 0.6 is 0 Å². The van der Waals surface area contributed by atoms with Crippen LogP contribution in [-0.4, -0.2) is 12.6 Å². The van der Waals surface area contributed by atoms with Crippen molar-refractivity contribution in [3.8, 4) is 5.75 Å². The third kappa shape index (κ3) is 1.40. The standard InChI is InChI=1S/C12H15NO/c1-8-2-5-10-11(13-9-3-4-9)7-14-12(10)6-8/h2,5-6,9,11,13H,3-4,7H2,1H3. The van der Waals surface area contributed by atoms with Gasteiger partial charge in [0.15, 0.2) is 0 Å². The van der Waals surface area contributed by atoms with Crippen molar-refractivity contribution in [1.29, 1.82) is 0 Å². The number of hydrogen-bond donors (Lipinski definition) is 1. The molecule has 1 aliphatic heterocycles. The summed E-state index contributed by atoms with van der Waals surface area (Å²) in [5.41, 5.74) is 2.61. The Morgan fingerprint density at radius 2 is 2.21 bits per heavy atom. The van der Waals surface area contributed by atoms with Crippen LogP contribution in [0.2, 0.25) is 0 Å². The summed E-state index contributed by atoms with van der Waals surface area (Å²) in [5.74, 6) is 1.07. The van der Waals surface area contributed by atoms with Gasteiger partial charge in [-0.1, -0.05) is 12.1 Å². The molecule has 1 aromatic rings. The minimum Gasteiger partial charge on any atom is -0.491 e. The fraction of sp³-hybridized carbons (Fsp3) is 0.500. The van der Waals surface area contributed by atoms with Gasteiger partial charge in [-0.2, -0.15) is 0 Å². The lowest BCUT2D eigenvalue weighted by Gasteiger charge is -2.09. The molecule has 1 saturated carbocycles. The highest BCUT2D eigenvalue weighted by Gasteiger charge is 2.30. The van der Waals surface area contributed by atoms with Crippen LogP contribution in [0.5, 0.6) is 5.75 Å². The van der Waals surface area contributed by atoms with Crippen molar-refractivity contribution in [3.63, 3.8) is 0 Å². The van der Waals surface area contributed by atoms with Crippen LogP contribution in [0.3, 0.4) is 0 Å². The first-order valence-electron chi connectivity index (χ1n) is 5.32. The number of aryl methyl sites for hydroxylation is 1. The zero-order valence-corrected chi connectivity index (χ0v) is 8.42. The molecule has 0 amide bonds. The van der Waals surface area contributed by atoms with E-state index in [1.165, 1.54) is 24.0 Å². The van der Waals surface area contributed by atoms with E-state index in [9.17, 15) is 0 Å². The lowest BCUT2D eigenvalue weighted by Crippen LogP contribution is -2.24. The number of ether oxygens (including phenoxy) is 1. The number of rotatable bonds is 2. The van der Waals surface area contributed by atoms with Gasteiger partial charge >= 0.3 is 0 Å². The third-order valence-electron chi connectivity index (χ3n) is 2.96. The van der Waals surface area contributed by atoms with Crippen LogP contribution in [-0.2, 0) is 0 Å². The van der Waals surface area contributed by atoms with E-state index in [0.717, 1.165) is 18.4 Å². The van der Waals surface area contributed by atoms with Crippen LogP contribution in [0, 0.1) is 6.92 Å². The Bertz CT molecular complexity index is 357. The summed E-state index contributed by atoms with van der Waals surface area (Å²) >= 11 is 0. The molecule has 2 nitrogen and oxygen atoms in total. The molecule has 1 fully saturated rings. The maximum atomic E-state index is 5.66. The summed E-state index contributed by atoms with van der Waals surface area (Å²) in [7, 11) is 0. The van der Waals surface area contributed by atoms with Crippen molar-refractivity contribution in [2.45, 2.75) is 31.8 Å². The van der Waals surface area contributed by atoms with E-state index in [0.29, 0.717) is 6.04 Å². The van der Waals surface area contributed by atoms with Gasteiger partial charge in [-0.25, -0.2) is 0 Å². The first kappa shape index (κ1) is 8.30. The monoisotopic (exact) mass is 189 g/mol. The number of fused-ring (bicyclic) bond motifs is 1. The van der Waals surface area contributed by atoms with Crippen molar-refractivity contribution >= 4 is 0 Å². The summed E-state index contributed by atoms with van der Waals surface area (Å²) in [6, 6.07) is 7.66. The molecule has 0 bridgehead atoms. The summed E-state index contributed by atoms with van der Waals surface area (Å²) in [6.45, 7) is 2.90. The van der Waals surface area contributed by atoms with Crippen LogP contribution in [0.1, 0.15) is 30.0 Å². The quantitative estimate of drug-likeness (QED) is 0.770. The molecule has 0 aromatic heterocycles. The largest absolute Gasteiger partial charge is 0.491 e. The number of hydrogen-bond acceptors (Lipinski definition) is 2. The predicted octanol–water partition coefficient (Wildman–Crippen LogP) is 2.18. The smallest absolute Gasteiger partial charge is 0.124 e. The molecule has 3 rings (SSSR count). The van der Waals surface area contributed by atoms with E-state index in [1.807, 2.05) is 0 Å². The van der Waals surface area contributed by atoms with Crippen LogP contribution in [0.15, 0.2) is 18.2 Å². The van der Waals surface area contributed by atoms with Crippen LogP contribution in [0.4, 0.5) is 0 Å². The molecule has 2 heteroatoms. The summed E-state index contributed by atoms with van der Waals surface area (Å²) in [6.07, 6.45) is 2.66. The molecule has 1 aliphatic carbocycles. The van der Waals surface area contributed by atoms with Gasteiger partial charge < -0.3 is 10.1 Å².